The summed E-state index contributed by atoms with van der Waals surface area (Å²) >= 11 is 0. The first-order valence-electron chi connectivity index (χ1n) is 7.53. The highest BCUT2D eigenvalue weighted by atomic mass is 15.4. The van der Waals surface area contributed by atoms with E-state index in [1.54, 1.807) is 0 Å². The van der Waals surface area contributed by atoms with E-state index in [0.717, 1.165) is 48.6 Å². The van der Waals surface area contributed by atoms with Crippen LogP contribution in [0.2, 0.25) is 0 Å². The molecular formula is C15H21N5. The van der Waals surface area contributed by atoms with E-state index in [0.29, 0.717) is 6.04 Å². The minimum Gasteiger partial charge on any atom is -0.339 e. The van der Waals surface area contributed by atoms with Gasteiger partial charge in [-0.1, -0.05) is 6.07 Å². The van der Waals surface area contributed by atoms with E-state index < -0.39 is 0 Å². The molecule has 2 fully saturated rings. The fraction of sp³-hybridized carbons (Fsp3) is 0.600. The van der Waals surface area contributed by atoms with E-state index in [1.807, 2.05) is 16.6 Å². The zero-order valence-electron chi connectivity index (χ0n) is 11.9. The molecule has 2 aromatic heterocycles. The monoisotopic (exact) mass is 271 g/mol. The Morgan fingerprint density at radius 3 is 2.90 bits per heavy atom. The van der Waals surface area contributed by atoms with Crippen molar-refractivity contribution in [2.24, 2.45) is 17.6 Å². The van der Waals surface area contributed by atoms with Crippen molar-refractivity contribution in [3.63, 3.8) is 0 Å². The SMILES string of the molecule is Cc1cccc2nc(N3C[C@H]4CCC(N)C[C@H]4C3)nn12. The minimum absolute atomic E-state index is 0.396. The van der Waals surface area contributed by atoms with Crippen LogP contribution in [0.15, 0.2) is 18.2 Å². The Hall–Kier alpha value is -1.62. The molecule has 1 saturated heterocycles. The molecule has 5 heteroatoms. The fourth-order valence-corrected chi connectivity index (χ4v) is 3.79. The minimum atomic E-state index is 0.396. The number of anilines is 1. The third-order valence-electron chi connectivity index (χ3n) is 4.91. The van der Waals surface area contributed by atoms with Gasteiger partial charge in [0.2, 0.25) is 5.95 Å². The van der Waals surface area contributed by atoms with Crippen LogP contribution in [-0.4, -0.2) is 33.7 Å². The van der Waals surface area contributed by atoms with Crippen molar-refractivity contribution in [1.82, 2.24) is 14.6 Å². The quantitative estimate of drug-likeness (QED) is 0.856. The zero-order chi connectivity index (χ0) is 13.7. The van der Waals surface area contributed by atoms with Crippen LogP contribution >= 0.6 is 0 Å². The summed E-state index contributed by atoms with van der Waals surface area (Å²) in [6, 6.07) is 6.51. The van der Waals surface area contributed by atoms with Gasteiger partial charge in [-0.15, -0.1) is 5.10 Å². The smallest absolute Gasteiger partial charge is 0.245 e. The summed E-state index contributed by atoms with van der Waals surface area (Å²) in [4.78, 5) is 7.03. The van der Waals surface area contributed by atoms with Crippen molar-refractivity contribution in [1.29, 1.82) is 0 Å². The summed E-state index contributed by atoms with van der Waals surface area (Å²) < 4.78 is 1.93. The summed E-state index contributed by atoms with van der Waals surface area (Å²) in [7, 11) is 0. The predicted molar refractivity (Wildman–Crippen MR) is 78.7 cm³/mol. The number of hydrogen-bond acceptors (Lipinski definition) is 4. The number of aryl methyl sites for hydroxylation is 1. The van der Waals surface area contributed by atoms with Crippen LogP contribution in [0.4, 0.5) is 5.95 Å². The Morgan fingerprint density at radius 1 is 1.20 bits per heavy atom. The van der Waals surface area contributed by atoms with Crippen LogP contribution in [0.1, 0.15) is 25.0 Å². The standard InChI is InChI=1S/C15H21N5/c1-10-3-2-4-14-17-15(18-20(10)14)19-8-11-5-6-13(16)7-12(11)9-19/h2-4,11-13H,5-9,16H2,1H3/t11-,12+,13?/m1/s1. The second-order valence-electron chi connectivity index (χ2n) is 6.35. The fourth-order valence-electron chi connectivity index (χ4n) is 3.79. The van der Waals surface area contributed by atoms with E-state index in [9.17, 15) is 0 Å². The molecule has 1 saturated carbocycles. The van der Waals surface area contributed by atoms with Crippen LogP contribution in [-0.2, 0) is 0 Å². The molecule has 5 nitrogen and oxygen atoms in total. The molecule has 1 aliphatic carbocycles. The van der Waals surface area contributed by atoms with Gasteiger partial charge in [-0.25, -0.2) is 4.52 Å². The summed E-state index contributed by atoms with van der Waals surface area (Å²) in [5, 5.41) is 4.67. The van der Waals surface area contributed by atoms with Gasteiger partial charge in [0.25, 0.3) is 0 Å². The zero-order valence-corrected chi connectivity index (χ0v) is 11.9. The average Bonchev–Trinajstić information content (AvgIpc) is 3.01. The molecule has 106 valence electrons. The molecule has 2 aliphatic rings. The first-order valence-corrected chi connectivity index (χ1v) is 7.53. The Kier molecular flexibility index (Phi) is 2.70. The lowest BCUT2D eigenvalue weighted by molar-refractivity contribution is 0.271. The normalized spacial score (nSPS) is 29.9. The molecular weight excluding hydrogens is 250 g/mol. The summed E-state index contributed by atoms with van der Waals surface area (Å²) in [5.41, 5.74) is 8.16. The van der Waals surface area contributed by atoms with Crippen molar-refractivity contribution in [3.05, 3.63) is 23.9 Å². The van der Waals surface area contributed by atoms with Crippen molar-refractivity contribution < 1.29 is 0 Å². The van der Waals surface area contributed by atoms with Crippen molar-refractivity contribution in [2.75, 3.05) is 18.0 Å². The predicted octanol–water partition coefficient (Wildman–Crippen LogP) is 1.60. The number of aromatic nitrogens is 3. The highest BCUT2D eigenvalue weighted by Gasteiger charge is 2.37. The second kappa shape index (κ2) is 4.45. The molecule has 0 spiro atoms. The number of nitrogens with zero attached hydrogens (tertiary/aromatic N) is 4. The first kappa shape index (κ1) is 12.1. The van der Waals surface area contributed by atoms with E-state index >= 15 is 0 Å². The van der Waals surface area contributed by atoms with E-state index in [4.69, 9.17) is 5.73 Å². The maximum absolute atomic E-state index is 6.10. The highest BCUT2D eigenvalue weighted by molar-refractivity contribution is 5.46. The molecule has 3 atom stereocenters. The maximum atomic E-state index is 6.10. The number of rotatable bonds is 1. The molecule has 2 N–H and O–H groups in total. The topological polar surface area (TPSA) is 59.5 Å². The lowest BCUT2D eigenvalue weighted by Gasteiger charge is -2.27. The lowest BCUT2D eigenvalue weighted by Crippen LogP contribution is -2.32. The summed E-state index contributed by atoms with van der Waals surface area (Å²) in [5.74, 6) is 2.39. The van der Waals surface area contributed by atoms with E-state index in [1.165, 1.54) is 12.8 Å². The number of pyridine rings is 1. The Morgan fingerprint density at radius 2 is 2.05 bits per heavy atom. The van der Waals surface area contributed by atoms with Crippen molar-refractivity contribution >= 4 is 11.6 Å². The molecule has 3 heterocycles. The molecule has 0 bridgehead atoms. The molecule has 20 heavy (non-hydrogen) atoms. The Bertz CT molecular complexity index is 634. The van der Waals surface area contributed by atoms with Crippen LogP contribution in [0.25, 0.3) is 5.65 Å². The number of fused-ring (bicyclic) bond motifs is 2. The van der Waals surface area contributed by atoms with Crippen LogP contribution in [0.3, 0.4) is 0 Å². The molecule has 4 rings (SSSR count). The molecule has 2 aromatic rings. The Labute approximate surface area is 118 Å². The number of hydrogen-bond donors (Lipinski definition) is 1. The Balaban J connectivity index is 1.62. The molecule has 0 aromatic carbocycles. The highest BCUT2D eigenvalue weighted by Crippen LogP contribution is 2.36. The first-order chi connectivity index (χ1) is 9.70. The second-order valence-corrected chi connectivity index (χ2v) is 6.35. The van der Waals surface area contributed by atoms with Crippen molar-refractivity contribution in [3.8, 4) is 0 Å². The van der Waals surface area contributed by atoms with E-state index in [-0.39, 0.29) is 0 Å². The van der Waals surface area contributed by atoms with Gasteiger partial charge in [-0.2, -0.15) is 4.98 Å². The van der Waals surface area contributed by atoms with Gasteiger partial charge in [-0.3, -0.25) is 0 Å². The van der Waals surface area contributed by atoms with Gasteiger partial charge < -0.3 is 10.6 Å². The van der Waals surface area contributed by atoms with Gasteiger partial charge in [-0.05, 0) is 50.2 Å². The van der Waals surface area contributed by atoms with Gasteiger partial charge >= 0.3 is 0 Å². The summed E-state index contributed by atoms with van der Waals surface area (Å²) in [6.07, 6.45) is 3.59. The molecule has 1 aliphatic heterocycles. The lowest BCUT2D eigenvalue weighted by atomic mass is 9.79. The largest absolute Gasteiger partial charge is 0.339 e. The molecule has 0 amide bonds. The third kappa shape index (κ3) is 1.88. The van der Waals surface area contributed by atoms with Gasteiger partial charge in [0.1, 0.15) is 0 Å². The third-order valence-corrected chi connectivity index (χ3v) is 4.91. The van der Waals surface area contributed by atoms with Crippen molar-refractivity contribution in [2.45, 2.75) is 32.2 Å². The van der Waals surface area contributed by atoms with Crippen LogP contribution in [0.5, 0.6) is 0 Å². The maximum Gasteiger partial charge on any atom is 0.245 e. The number of nitrogens with two attached hydrogens (primary N) is 1. The molecule has 0 radical (unpaired) electrons. The van der Waals surface area contributed by atoms with Crippen LogP contribution < -0.4 is 10.6 Å². The molecule has 1 unspecified atom stereocenters. The average molecular weight is 271 g/mol. The van der Waals surface area contributed by atoms with Gasteiger partial charge in [0, 0.05) is 24.8 Å². The van der Waals surface area contributed by atoms with Gasteiger partial charge in [0.05, 0.1) is 0 Å². The van der Waals surface area contributed by atoms with Crippen LogP contribution in [0, 0.1) is 18.8 Å². The van der Waals surface area contributed by atoms with E-state index in [2.05, 4.69) is 28.0 Å². The summed E-state index contributed by atoms with van der Waals surface area (Å²) in [6.45, 7) is 4.22. The van der Waals surface area contributed by atoms with Gasteiger partial charge in [0.15, 0.2) is 5.65 Å².